The zero-order valence-corrected chi connectivity index (χ0v) is 13.2. The van der Waals surface area contributed by atoms with E-state index in [0.717, 1.165) is 4.57 Å². The molecule has 22 heavy (non-hydrogen) atoms. The molecular weight excluding hydrogens is 330 g/mol. The first kappa shape index (κ1) is 15.3. The largest absolute Gasteiger partial charge is 0.415 e. The van der Waals surface area contributed by atoms with Crippen LogP contribution in [0.4, 0.5) is 8.78 Å². The molecule has 0 spiro atoms. The highest BCUT2D eigenvalue weighted by Crippen LogP contribution is 2.28. The van der Waals surface area contributed by atoms with Gasteiger partial charge in [0.25, 0.3) is 5.22 Å². The Morgan fingerprint density at radius 3 is 2.82 bits per heavy atom. The van der Waals surface area contributed by atoms with Gasteiger partial charge in [0.2, 0.25) is 5.89 Å². The molecular formula is C13H12F2N4OS2. The second kappa shape index (κ2) is 6.66. The Kier molecular flexibility index (Phi) is 4.63. The van der Waals surface area contributed by atoms with Crippen LogP contribution in [0.1, 0.15) is 18.3 Å². The minimum Gasteiger partial charge on any atom is -0.415 e. The lowest BCUT2D eigenvalue weighted by Crippen LogP contribution is -2.03. The minimum absolute atomic E-state index is 0.236. The quantitative estimate of drug-likeness (QED) is 0.632. The van der Waals surface area contributed by atoms with Gasteiger partial charge in [-0.3, -0.25) is 4.57 Å². The monoisotopic (exact) mass is 342 g/mol. The lowest BCUT2D eigenvalue weighted by atomic mass is 10.3. The molecule has 0 aliphatic heterocycles. The Balaban J connectivity index is 1.82. The van der Waals surface area contributed by atoms with Crippen molar-refractivity contribution in [1.29, 1.82) is 0 Å². The predicted molar refractivity (Wildman–Crippen MR) is 82.1 cm³/mol. The molecule has 0 N–H and O–H groups in total. The van der Waals surface area contributed by atoms with Crippen LogP contribution in [0.2, 0.25) is 0 Å². The number of halogens is 2. The fourth-order valence-corrected chi connectivity index (χ4v) is 3.09. The second-order valence-electron chi connectivity index (χ2n) is 4.35. The van der Waals surface area contributed by atoms with Crippen molar-refractivity contribution in [1.82, 2.24) is 19.7 Å². The molecule has 9 heteroatoms. The van der Waals surface area contributed by atoms with E-state index in [1.54, 1.807) is 36.0 Å². The van der Waals surface area contributed by atoms with Crippen LogP contribution in [0, 0.1) is 0 Å². The molecule has 0 saturated carbocycles. The standard InChI is InChI=1S/C13H12F2N4OS2/c1-21-7-11-17-18-13(20-11)22-6-10-16-8-4-2-3-5-9(8)19(10)12(14)15/h2-5,12H,6-7H2,1H3. The second-order valence-corrected chi connectivity index (χ2v) is 6.14. The molecule has 0 atom stereocenters. The van der Waals surface area contributed by atoms with Crippen molar-refractivity contribution < 1.29 is 13.2 Å². The molecule has 0 fully saturated rings. The highest BCUT2D eigenvalue weighted by atomic mass is 32.2. The number of para-hydroxylation sites is 2. The van der Waals surface area contributed by atoms with Gasteiger partial charge in [0.15, 0.2) is 0 Å². The maximum Gasteiger partial charge on any atom is 0.320 e. The summed E-state index contributed by atoms with van der Waals surface area (Å²) in [5.41, 5.74) is 0.966. The summed E-state index contributed by atoms with van der Waals surface area (Å²) in [6.07, 6.45) is 1.93. The van der Waals surface area contributed by atoms with Crippen molar-refractivity contribution in [2.75, 3.05) is 6.26 Å². The Hall–Kier alpha value is -1.61. The van der Waals surface area contributed by atoms with E-state index in [1.807, 2.05) is 6.26 Å². The van der Waals surface area contributed by atoms with Gasteiger partial charge >= 0.3 is 6.55 Å². The molecule has 3 aromatic rings. The fourth-order valence-electron chi connectivity index (χ4n) is 2.02. The molecule has 2 aromatic heterocycles. The van der Waals surface area contributed by atoms with Gasteiger partial charge in [0.05, 0.1) is 22.5 Å². The minimum atomic E-state index is -2.64. The number of fused-ring (bicyclic) bond motifs is 1. The number of aromatic nitrogens is 4. The maximum absolute atomic E-state index is 13.3. The van der Waals surface area contributed by atoms with Crippen molar-refractivity contribution in [2.45, 2.75) is 23.3 Å². The topological polar surface area (TPSA) is 56.7 Å². The molecule has 0 amide bonds. The Morgan fingerprint density at radius 1 is 1.23 bits per heavy atom. The van der Waals surface area contributed by atoms with Crippen LogP contribution >= 0.6 is 23.5 Å². The number of thioether (sulfide) groups is 2. The van der Waals surface area contributed by atoms with Crippen LogP contribution in [0.3, 0.4) is 0 Å². The van der Waals surface area contributed by atoms with Crippen LogP contribution in [-0.2, 0) is 11.5 Å². The molecule has 116 valence electrons. The Labute approximate surface area is 133 Å². The molecule has 0 unspecified atom stereocenters. The van der Waals surface area contributed by atoms with Gasteiger partial charge in [-0.1, -0.05) is 23.9 Å². The van der Waals surface area contributed by atoms with Crippen molar-refractivity contribution in [3.63, 3.8) is 0 Å². The summed E-state index contributed by atoms with van der Waals surface area (Å²) in [6, 6.07) is 6.83. The smallest absolute Gasteiger partial charge is 0.320 e. The van der Waals surface area contributed by atoms with Crippen LogP contribution in [0.25, 0.3) is 11.0 Å². The summed E-state index contributed by atoms with van der Waals surface area (Å²) in [4.78, 5) is 4.26. The van der Waals surface area contributed by atoms with E-state index < -0.39 is 6.55 Å². The van der Waals surface area contributed by atoms with Gasteiger partial charge in [0.1, 0.15) is 5.82 Å². The highest BCUT2D eigenvalue weighted by Gasteiger charge is 2.18. The van der Waals surface area contributed by atoms with Crippen molar-refractivity contribution in [2.24, 2.45) is 0 Å². The van der Waals surface area contributed by atoms with E-state index in [-0.39, 0.29) is 11.6 Å². The zero-order valence-electron chi connectivity index (χ0n) is 11.6. The zero-order chi connectivity index (χ0) is 15.5. The van der Waals surface area contributed by atoms with Gasteiger partial charge < -0.3 is 4.42 Å². The number of nitrogens with zero attached hydrogens (tertiary/aromatic N) is 4. The predicted octanol–water partition coefficient (Wildman–Crippen LogP) is 3.97. The van der Waals surface area contributed by atoms with Crippen LogP contribution in [0.5, 0.6) is 0 Å². The molecule has 0 aliphatic rings. The van der Waals surface area contributed by atoms with Gasteiger partial charge in [-0.15, -0.1) is 10.2 Å². The van der Waals surface area contributed by atoms with Gasteiger partial charge in [-0.25, -0.2) is 4.98 Å². The molecule has 3 rings (SSSR count). The highest BCUT2D eigenvalue weighted by molar-refractivity contribution is 7.98. The van der Waals surface area contributed by atoms with Gasteiger partial charge in [-0.05, 0) is 18.4 Å². The van der Waals surface area contributed by atoms with E-state index in [0.29, 0.717) is 27.9 Å². The van der Waals surface area contributed by atoms with E-state index in [4.69, 9.17) is 4.42 Å². The average Bonchev–Trinajstić information content (AvgIpc) is 3.09. The average molecular weight is 342 g/mol. The van der Waals surface area contributed by atoms with Gasteiger partial charge in [-0.2, -0.15) is 20.5 Å². The van der Waals surface area contributed by atoms with Crippen LogP contribution < -0.4 is 0 Å². The molecule has 0 saturated heterocycles. The molecule has 0 aliphatic carbocycles. The van der Waals surface area contributed by atoms with Crippen molar-refractivity contribution in [3.8, 4) is 0 Å². The van der Waals surface area contributed by atoms with E-state index in [2.05, 4.69) is 15.2 Å². The third kappa shape index (κ3) is 3.09. The molecule has 5 nitrogen and oxygen atoms in total. The SMILES string of the molecule is CSCc1nnc(SCc2nc3ccccc3n2C(F)F)o1. The number of imidazole rings is 1. The number of hydrogen-bond acceptors (Lipinski definition) is 6. The number of alkyl halides is 2. The van der Waals surface area contributed by atoms with E-state index in [9.17, 15) is 8.78 Å². The first-order chi connectivity index (χ1) is 10.7. The summed E-state index contributed by atoms with van der Waals surface area (Å²) in [7, 11) is 0. The first-order valence-electron chi connectivity index (χ1n) is 6.37. The summed E-state index contributed by atoms with van der Waals surface area (Å²) in [5, 5.41) is 8.13. The Morgan fingerprint density at radius 2 is 2.05 bits per heavy atom. The summed E-state index contributed by atoms with van der Waals surface area (Å²) < 4.78 is 32.9. The van der Waals surface area contributed by atoms with Crippen LogP contribution in [0.15, 0.2) is 33.9 Å². The number of hydrogen-bond donors (Lipinski definition) is 0. The Bertz CT molecular complexity index is 774. The van der Waals surface area contributed by atoms with Crippen molar-refractivity contribution >= 4 is 34.6 Å². The molecule has 0 bridgehead atoms. The maximum atomic E-state index is 13.3. The lowest BCUT2D eigenvalue weighted by molar-refractivity contribution is 0.0722. The van der Waals surface area contributed by atoms with Gasteiger partial charge in [0, 0.05) is 0 Å². The fraction of sp³-hybridized carbons (Fsp3) is 0.308. The summed E-state index contributed by atoms with van der Waals surface area (Å²) >= 11 is 2.77. The van der Waals surface area contributed by atoms with E-state index in [1.165, 1.54) is 11.8 Å². The lowest BCUT2D eigenvalue weighted by Gasteiger charge is -2.06. The molecule has 1 aromatic carbocycles. The molecule has 2 heterocycles. The summed E-state index contributed by atoms with van der Waals surface area (Å²) in [5.74, 6) is 1.67. The normalized spacial score (nSPS) is 11.6. The van der Waals surface area contributed by atoms with Crippen LogP contribution in [-0.4, -0.2) is 26.0 Å². The third-order valence-electron chi connectivity index (χ3n) is 2.90. The molecule has 0 radical (unpaired) electrons. The van der Waals surface area contributed by atoms with E-state index >= 15 is 0 Å². The summed E-state index contributed by atoms with van der Waals surface area (Å²) in [6.45, 7) is -2.64. The first-order valence-corrected chi connectivity index (χ1v) is 8.75. The number of rotatable bonds is 6. The van der Waals surface area contributed by atoms with Crippen molar-refractivity contribution in [3.05, 3.63) is 36.0 Å². The third-order valence-corrected chi connectivity index (χ3v) is 4.25. The number of benzene rings is 1.